The highest BCUT2D eigenvalue weighted by molar-refractivity contribution is 5.55. The van der Waals surface area contributed by atoms with E-state index in [1.165, 1.54) is 17.2 Å². The average Bonchev–Trinajstić information content (AvgIpc) is 3.06. The van der Waals surface area contributed by atoms with Crippen LogP contribution >= 0.6 is 0 Å². The summed E-state index contributed by atoms with van der Waals surface area (Å²) in [6, 6.07) is 11.8. The number of ether oxygens (including phenoxy) is 2. The maximum Gasteiger partial charge on any atom is 0.277 e. The maximum absolute atomic E-state index is 11.4. The fourth-order valence-corrected chi connectivity index (χ4v) is 3.48. The van der Waals surface area contributed by atoms with Crippen LogP contribution in [0.4, 0.5) is 5.69 Å². The molecule has 0 aromatic heterocycles. The third kappa shape index (κ3) is 2.69. The molecule has 1 aliphatic heterocycles. The summed E-state index contributed by atoms with van der Waals surface area (Å²) in [6.45, 7) is 0.533. The number of hydrogen-bond donors (Lipinski definition) is 1. The lowest BCUT2D eigenvalue weighted by Gasteiger charge is -2.26. The summed E-state index contributed by atoms with van der Waals surface area (Å²) >= 11 is 0. The molecule has 0 amide bonds. The smallest absolute Gasteiger partial charge is 0.277 e. The van der Waals surface area contributed by atoms with E-state index in [4.69, 9.17) is 9.47 Å². The Morgan fingerprint density at radius 1 is 1.21 bits per heavy atom. The number of nitro benzene ring substituents is 1. The lowest BCUT2D eigenvalue weighted by Crippen LogP contribution is -2.25. The Morgan fingerprint density at radius 2 is 2.00 bits per heavy atom. The first-order chi connectivity index (χ1) is 11.7. The minimum Gasteiger partial charge on any atom is -0.454 e. The Balaban J connectivity index is 1.58. The van der Waals surface area contributed by atoms with Crippen molar-refractivity contribution in [1.29, 1.82) is 0 Å². The van der Waals surface area contributed by atoms with Gasteiger partial charge in [-0.15, -0.1) is 0 Å². The van der Waals surface area contributed by atoms with Crippen molar-refractivity contribution in [1.82, 2.24) is 5.32 Å². The van der Waals surface area contributed by atoms with Crippen LogP contribution in [-0.4, -0.2) is 11.7 Å². The van der Waals surface area contributed by atoms with Gasteiger partial charge >= 0.3 is 0 Å². The number of nitrogens with one attached hydrogen (secondary N) is 1. The van der Waals surface area contributed by atoms with Crippen LogP contribution in [0.3, 0.4) is 0 Å². The van der Waals surface area contributed by atoms with Crippen LogP contribution in [0.2, 0.25) is 0 Å². The van der Waals surface area contributed by atoms with Gasteiger partial charge in [-0.2, -0.15) is 0 Å². The summed E-state index contributed by atoms with van der Waals surface area (Å²) in [6.07, 6.45) is 3.26. The molecule has 1 unspecified atom stereocenters. The fourth-order valence-electron chi connectivity index (χ4n) is 3.48. The Labute approximate surface area is 139 Å². The van der Waals surface area contributed by atoms with Crippen LogP contribution in [0.5, 0.6) is 11.5 Å². The molecule has 0 bridgehead atoms. The molecular formula is C18H18N2O4. The molecule has 2 aromatic rings. The molecule has 2 aromatic carbocycles. The number of benzene rings is 2. The Kier molecular flexibility index (Phi) is 3.82. The van der Waals surface area contributed by atoms with Crippen molar-refractivity contribution in [2.24, 2.45) is 0 Å². The molecule has 124 valence electrons. The molecule has 24 heavy (non-hydrogen) atoms. The van der Waals surface area contributed by atoms with Crippen LogP contribution in [-0.2, 0) is 13.0 Å². The van der Waals surface area contributed by atoms with Crippen molar-refractivity contribution in [3.05, 3.63) is 63.2 Å². The molecule has 1 aliphatic carbocycles. The third-order valence-corrected chi connectivity index (χ3v) is 4.68. The second-order valence-corrected chi connectivity index (χ2v) is 6.12. The van der Waals surface area contributed by atoms with E-state index < -0.39 is 0 Å². The second kappa shape index (κ2) is 6.13. The SMILES string of the molecule is O=[N+]([O-])c1cc2c(cc1CNC1CCCc3ccccc31)OCO2. The van der Waals surface area contributed by atoms with Gasteiger partial charge in [0, 0.05) is 18.2 Å². The van der Waals surface area contributed by atoms with Crippen molar-refractivity contribution in [2.45, 2.75) is 31.8 Å². The topological polar surface area (TPSA) is 73.6 Å². The fraction of sp³-hybridized carbons (Fsp3) is 0.333. The van der Waals surface area contributed by atoms with Gasteiger partial charge < -0.3 is 14.8 Å². The third-order valence-electron chi connectivity index (χ3n) is 4.68. The summed E-state index contributed by atoms with van der Waals surface area (Å²) in [5.74, 6) is 1.01. The zero-order valence-corrected chi connectivity index (χ0v) is 13.2. The van der Waals surface area contributed by atoms with Gasteiger partial charge in [-0.3, -0.25) is 10.1 Å². The van der Waals surface area contributed by atoms with Gasteiger partial charge in [0.15, 0.2) is 11.5 Å². The number of rotatable bonds is 4. The predicted octanol–water partition coefficient (Wildman–Crippen LogP) is 3.49. The Bertz CT molecular complexity index is 791. The highest BCUT2D eigenvalue weighted by atomic mass is 16.7. The van der Waals surface area contributed by atoms with Crippen molar-refractivity contribution >= 4 is 5.69 Å². The number of nitrogens with zero attached hydrogens (tertiary/aromatic N) is 1. The molecule has 0 radical (unpaired) electrons. The molecule has 0 fully saturated rings. The standard InChI is InChI=1S/C18H18N2O4/c21-20(22)16-9-18-17(23-11-24-18)8-13(16)10-19-15-7-3-5-12-4-1-2-6-14(12)15/h1-2,4,6,8-9,15,19H,3,5,7,10-11H2. The molecule has 6 heteroatoms. The van der Waals surface area contributed by atoms with Gasteiger partial charge in [-0.05, 0) is 36.5 Å². The van der Waals surface area contributed by atoms with E-state index in [1.54, 1.807) is 6.07 Å². The van der Waals surface area contributed by atoms with E-state index in [1.807, 2.05) is 6.07 Å². The van der Waals surface area contributed by atoms with Crippen LogP contribution in [0.1, 0.15) is 35.6 Å². The molecule has 0 saturated carbocycles. The summed E-state index contributed by atoms with van der Waals surface area (Å²) in [7, 11) is 0. The molecule has 1 N–H and O–H groups in total. The number of hydrogen-bond acceptors (Lipinski definition) is 5. The van der Waals surface area contributed by atoms with Gasteiger partial charge in [0.25, 0.3) is 5.69 Å². The zero-order valence-electron chi connectivity index (χ0n) is 13.2. The summed E-state index contributed by atoms with van der Waals surface area (Å²) < 4.78 is 10.6. The van der Waals surface area contributed by atoms with Crippen LogP contribution in [0.25, 0.3) is 0 Å². The number of nitro groups is 1. The zero-order chi connectivity index (χ0) is 16.5. The van der Waals surface area contributed by atoms with E-state index in [0.29, 0.717) is 23.6 Å². The van der Waals surface area contributed by atoms with E-state index in [2.05, 4.69) is 23.5 Å². The molecule has 1 atom stereocenters. The van der Waals surface area contributed by atoms with Crippen molar-refractivity contribution in [3.8, 4) is 11.5 Å². The largest absolute Gasteiger partial charge is 0.454 e. The molecular weight excluding hydrogens is 308 g/mol. The Hall–Kier alpha value is -2.60. The highest BCUT2D eigenvalue weighted by Crippen LogP contribution is 2.38. The first-order valence-corrected chi connectivity index (χ1v) is 8.10. The molecule has 0 spiro atoms. The van der Waals surface area contributed by atoms with Crippen LogP contribution < -0.4 is 14.8 Å². The minimum atomic E-state index is -0.367. The maximum atomic E-state index is 11.4. The van der Waals surface area contributed by atoms with Crippen molar-refractivity contribution < 1.29 is 14.4 Å². The van der Waals surface area contributed by atoms with Crippen LogP contribution in [0, 0.1) is 10.1 Å². The summed E-state index contributed by atoms with van der Waals surface area (Å²) in [4.78, 5) is 11.0. The van der Waals surface area contributed by atoms with E-state index in [0.717, 1.165) is 19.3 Å². The minimum absolute atomic E-state index is 0.0656. The van der Waals surface area contributed by atoms with Gasteiger partial charge in [0.1, 0.15) is 0 Å². The van der Waals surface area contributed by atoms with Gasteiger partial charge in [0.05, 0.1) is 11.0 Å². The van der Waals surface area contributed by atoms with E-state index in [-0.39, 0.29) is 23.4 Å². The second-order valence-electron chi connectivity index (χ2n) is 6.12. The monoisotopic (exact) mass is 326 g/mol. The summed E-state index contributed by atoms with van der Waals surface area (Å²) in [5, 5.41) is 14.8. The van der Waals surface area contributed by atoms with Crippen LogP contribution in [0.15, 0.2) is 36.4 Å². The van der Waals surface area contributed by atoms with Gasteiger partial charge in [-0.1, -0.05) is 24.3 Å². The van der Waals surface area contributed by atoms with E-state index in [9.17, 15) is 10.1 Å². The lowest BCUT2D eigenvalue weighted by atomic mass is 9.87. The quantitative estimate of drug-likeness (QED) is 0.688. The number of aryl methyl sites for hydroxylation is 1. The van der Waals surface area contributed by atoms with Crippen molar-refractivity contribution in [3.63, 3.8) is 0 Å². The molecule has 4 rings (SSSR count). The van der Waals surface area contributed by atoms with E-state index >= 15 is 0 Å². The van der Waals surface area contributed by atoms with Crippen molar-refractivity contribution in [2.75, 3.05) is 6.79 Å². The Morgan fingerprint density at radius 3 is 2.83 bits per heavy atom. The first-order valence-electron chi connectivity index (χ1n) is 8.10. The number of fused-ring (bicyclic) bond motifs is 2. The lowest BCUT2D eigenvalue weighted by molar-refractivity contribution is -0.385. The average molecular weight is 326 g/mol. The molecule has 2 aliphatic rings. The normalized spacial score (nSPS) is 18.2. The predicted molar refractivity (Wildman–Crippen MR) is 88.2 cm³/mol. The molecule has 6 nitrogen and oxygen atoms in total. The first kappa shape index (κ1) is 15.0. The highest BCUT2D eigenvalue weighted by Gasteiger charge is 2.25. The van der Waals surface area contributed by atoms with Gasteiger partial charge in [0.2, 0.25) is 6.79 Å². The molecule has 1 heterocycles. The van der Waals surface area contributed by atoms with Gasteiger partial charge in [-0.25, -0.2) is 0 Å². The molecule has 0 saturated heterocycles. The summed E-state index contributed by atoms with van der Waals surface area (Å²) in [5.41, 5.74) is 3.34.